The highest BCUT2D eigenvalue weighted by atomic mass is 127. The summed E-state index contributed by atoms with van der Waals surface area (Å²) in [6.45, 7) is 8.07. The molecule has 2 aromatic carbocycles. The van der Waals surface area contributed by atoms with E-state index < -0.39 is 29.5 Å². The Kier molecular flexibility index (Phi) is 10.2. The lowest BCUT2D eigenvalue weighted by Crippen LogP contribution is -2.53. The number of nitrogens with zero attached hydrogens (tertiary/aromatic N) is 3. The highest BCUT2D eigenvalue weighted by Crippen LogP contribution is 2.34. The Hall–Kier alpha value is -3.75. The van der Waals surface area contributed by atoms with Gasteiger partial charge in [0.05, 0.1) is 13.0 Å². The van der Waals surface area contributed by atoms with E-state index in [1.54, 1.807) is 45.0 Å². The number of ether oxygens (including phenoxy) is 1. The van der Waals surface area contributed by atoms with Crippen molar-refractivity contribution in [3.05, 3.63) is 63.5 Å². The van der Waals surface area contributed by atoms with Gasteiger partial charge in [0.2, 0.25) is 11.8 Å². The van der Waals surface area contributed by atoms with E-state index in [4.69, 9.17) is 9.72 Å². The van der Waals surface area contributed by atoms with Crippen LogP contribution in [-0.4, -0.2) is 57.1 Å². The third-order valence-electron chi connectivity index (χ3n) is 6.52. The van der Waals surface area contributed by atoms with Gasteiger partial charge in [0.1, 0.15) is 40.6 Å². The van der Waals surface area contributed by atoms with Crippen LogP contribution in [0.5, 0.6) is 0 Å². The number of alkyl carbamates (subject to hydrolysis) is 1. The molecule has 1 aromatic heterocycles. The maximum atomic E-state index is 14.3. The summed E-state index contributed by atoms with van der Waals surface area (Å²) in [7, 11) is 0. The van der Waals surface area contributed by atoms with Crippen LogP contribution in [0.1, 0.15) is 46.4 Å². The lowest BCUT2D eigenvalue weighted by atomic mass is 10.1. The zero-order valence-corrected chi connectivity index (χ0v) is 26.6. The van der Waals surface area contributed by atoms with Gasteiger partial charge in [-0.3, -0.25) is 9.59 Å². The molecule has 3 amide bonds. The first-order valence-electron chi connectivity index (χ1n) is 14.0. The maximum Gasteiger partial charge on any atom is 0.408 e. The topological polar surface area (TPSA) is 118 Å². The number of rotatable bonds is 9. The summed E-state index contributed by atoms with van der Waals surface area (Å²) in [4.78, 5) is 45.1. The van der Waals surface area contributed by atoms with Crippen LogP contribution in [-0.2, 0) is 27.4 Å². The number of anilines is 2. The van der Waals surface area contributed by atoms with Gasteiger partial charge in [-0.05, 0) is 80.1 Å². The van der Waals surface area contributed by atoms with E-state index in [-0.39, 0.29) is 31.2 Å². The molecule has 0 fully saturated rings. The van der Waals surface area contributed by atoms with Gasteiger partial charge < -0.3 is 30.2 Å². The number of hydrogen-bond donors (Lipinski definition) is 3. The molecule has 3 aromatic rings. The molecule has 230 valence electrons. The van der Waals surface area contributed by atoms with Gasteiger partial charge in [-0.1, -0.05) is 19.1 Å². The van der Waals surface area contributed by atoms with Crippen molar-refractivity contribution in [2.45, 2.75) is 65.3 Å². The number of fused-ring (bicyclic) bond motifs is 1. The van der Waals surface area contributed by atoms with Crippen molar-refractivity contribution in [2.75, 3.05) is 18.4 Å². The van der Waals surface area contributed by atoms with Gasteiger partial charge in [0.15, 0.2) is 0 Å². The van der Waals surface area contributed by atoms with E-state index >= 15 is 0 Å². The van der Waals surface area contributed by atoms with Crippen molar-refractivity contribution in [1.82, 2.24) is 25.1 Å². The van der Waals surface area contributed by atoms with Gasteiger partial charge >= 0.3 is 6.09 Å². The lowest BCUT2D eigenvalue weighted by molar-refractivity contribution is -0.137. The first kappa shape index (κ1) is 32.2. The van der Waals surface area contributed by atoms with E-state index in [2.05, 4.69) is 16.0 Å². The first-order valence-corrected chi connectivity index (χ1v) is 15.0. The van der Waals surface area contributed by atoms with Crippen LogP contribution in [0.15, 0.2) is 42.5 Å². The third kappa shape index (κ3) is 8.42. The van der Waals surface area contributed by atoms with Gasteiger partial charge in [-0.25, -0.2) is 18.6 Å². The lowest BCUT2D eigenvalue weighted by Gasteiger charge is -2.32. The Labute approximate surface area is 262 Å². The molecule has 0 aliphatic carbocycles. The summed E-state index contributed by atoms with van der Waals surface area (Å²) in [5, 5.41) is 8.53. The number of imidazole rings is 1. The summed E-state index contributed by atoms with van der Waals surface area (Å²) < 4.78 is 36.2. The summed E-state index contributed by atoms with van der Waals surface area (Å²) in [6.07, 6.45) is -0.350. The first-order chi connectivity index (χ1) is 20.3. The molecule has 1 aliphatic rings. The number of nitrogens with one attached hydrogen (secondary N) is 3. The van der Waals surface area contributed by atoms with Crippen molar-refractivity contribution >= 4 is 52.0 Å². The fourth-order valence-electron chi connectivity index (χ4n) is 4.59. The maximum absolute atomic E-state index is 14.3. The van der Waals surface area contributed by atoms with Gasteiger partial charge in [-0.2, -0.15) is 0 Å². The second-order valence-corrected chi connectivity index (χ2v) is 12.3. The third-order valence-corrected chi connectivity index (χ3v) is 7.39. The second-order valence-electron chi connectivity index (χ2n) is 11.2. The molecule has 2 heterocycles. The molecule has 13 heteroatoms. The van der Waals surface area contributed by atoms with Crippen molar-refractivity contribution in [1.29, 1.82) is 0 Å². The minimum Gasteiger partial charge on any atom is -0.444 e. The summed E-state index contributed by atoms with van der Waals surface area (Å²) in [6, 6.07) is 9.55. The molecule has 0 saturated heterocycles. The van der Waals surface area contributed by atoms with Gasteiger partial charge in [0.25, 0.3) is 0 Å². The fourth-order valence-corrected chi connectivity index (χ4v) is 4.92. The van der Waals surface area contributed by atoms with Crippen molar-refractivity contribution in [3.63, 3.8) is 0 Å². The molecule has 0 unspecified atom stereocenters. The number of amides is 3. The van der Waals surface area contributed by atoms with E-state index in [9.17, 15) is 23.2 Å². The highest BCUT2D eigenvalue weighted by Gasteiger charge is 2.33. The largest absolute Gasteiger partial charge is 0.444 e. The molecule has 3 N–H and O–H groups in total. The monoisotopic (exact) mass is 708 g/mol. The average Bonchev–Trinajstić information content (AvgIpc) is 3.29. The number of carbonyl (C=O) groups excluding carboxylic acids is 3. The molecule has 43 heavy (non-hydrogen) atoms. The van der Waals surface area contributed by atoms with Crippen LogP contribution >= 0.6 is 22.6 Å². The van der Waals surface area contributed by atoms with E-state index in [0.29, 0.717) is 45.2 Å². The number of benzene rings is 2. The predicted molar refractivity (Wildman–Crippen MR) is 167 cm³/mol. The molecule has 10 nitrogen and oxygen atoms in total. The number of hydrogen-bond acceptors (Lipinski definition) is 6. The summed E-state index contributed by atoms with van der Waals surface area (Å²) >= 11 is 1.91. The molecule has 0 spiro atoms. The van der Waals surface area contributed by atoms with Gasteiger partial charge in [0, 0.05) is 34.5 Å². The number of halogens is 3. The van der Waals surface area contributed by atoms with Crippen LogP contribution in [0.2, 0.25) is 0 Å². The van der Waals surface area contributed by atoms with Crippen LogP contribution in [0.3, 0.4) is 0 Å². The Bertz CT molecular complexity index is 1510. The van der Waals surface area contributed by atoms with E-state index in [1.807, 2.05) is 34.1 Å². The van der Waals surface area contributed by atoms with Crippen molar-refractivity contribution in [2.24, 2.45) is 0 Å². The molecule has 1 atom stereocenters. The zero-order chi connectivity index (χ0) is 31.3. The van der Waals surface area contributed by atoms with Gasteiger partial charge in [-0.15, -0.1) is 0 Å². The molecule has 0 bridgehead atoms. The number of aromatic nitrogens is 2. The average molecular weight is 709 g/mol. The minimum atomic E-state index is -1.16. The Morgan fingerprint density at radius 2 is 1.88 bits per heavy atom. The molecular weight excluding hydrogens is 673 g/mol. The standard InChI is InChI=1S/C30H35F2IN6O4/c1-5-11-34-25(40)16-23(36-29(42)43-30(2,3)4)28(41)38-12-13-39-24(17-38)37-26(18-7-6-8-19(31)14-18)27(39)35-20-9-10-22(33)21(32)15-20/h6-10,14-15,23,35H,5,11-13,16-17H2,1-4H3,(H,34,40)(H,36,42)/t23-/m0/s1. The molecule has 1 aliphatic heterocycles. The SMILES string of the molecule is CCCNC(=O)C[C@H](NC(=O)OC(C)(C)C)C(=O)N1CCn2c(nc(-c3cccc(F)c3)c2Nc2ccc(I)c(F)c2)C1. The van der Waals surface area contributed by atoms with Crippen LogP contribution < -0.4 is 16.0 Å². The normalized spacial score (nSPS) is 13.6. The van der Waals surface area contributed by atoms with Crippen LogP contribution in [0, 0.1) is 15.2 Å². The molecule has 4 rings (SSSR count). The minimum absolute atomic E-state index is 0.0625. The molecule has 0 saturated carbocycles. The Morgan fingerprint density at radius 1 is 1.12 bits per heavy atom. The quantitative estimate of drug-likeness (QED) is 0.259. The van der Waals surface area contributed by atoms with Crippen molar-refractivity contribution < 1.29 is 27.9 Å². The Morgan fingerprint density at radius 3 is 2.56 bits per heavy atom. The Balaban J connectivity index is 1.63. The fraction of sp³-hybridized carbons (Fsp3) is 0.400. The van der Waals surface area contributed by atoms with E-state index in [0.717, 1.165) is 6.42 Å². The highest BCUT2D eigenvalue weighted by molar-refractivity contribution is 14.1. The summed E-state index contributed by atoms with van der Waals surface area (Å²) in [5.74, 6) is -0.648. The van der Waals surface area contributed by atoms with E-state index in [1.165, 1.54) is 23.1 Å². The van der Waals surface area contributed by atoms with Crippen LogP contribution in [0.4, 0.5) is 25.1 Å². The smallest absolute Gasteiger partial charge is 0.408 e. The molecule has 0 radical (unpaired) electrons. The summed E-state index contributed by atoms with van der Waals surface area (Å²) in [5.41, 5.74) is 0.626. The second kappa shape index (κ2) is 13.7. The van der Waals surface area contributed by atoms with Crippen LogP contribution in [0.25, 0.3) is 11.3 Å². The molecular formula is C30H35F2IN6O4. The van der Waals surface area contributed by atoms with Crippen molar-refractivity contribution in [3.8, 4) is 11.3 Å². The predicted octanol–water partition coefficient (Wildman–Crippen LogP) is 5.33. The zero-order valence-electron chi connectivity index (χ0n) is 24.5. The number of carbonyl (C=O) groups is 3.